The Balaban J connectivity index is 1.81. The highest BCUT2D eigenvalue weighted by Gasteiger charge is 2.34. The van der Waals surface area contributed by atoms with Crippen molar-refractivity contribution in [3.05, 3.63) is 83.9 Å². The third-order valence-corrected chi connectivity index (χ3v) is 5.90. The third-order valence-electron chi connectivity index (χ3n) is 5.90. The first-order chi connectivity index (χ1) is 17.5. The summed E-state index contributed by atoms with van der Waals surface area (Å²) in [7, 11) is 3.13. The summed E-state index contributed by atoms with van der Waals surface area (Å²) < 4.78 is 12.1. The standard InChI is InChI=1S/C27H29N5O4/c1-19-9-4-5-12-22(19)26(27(34)28-15-16-35-2)32(20-10-8-11-21(17-20)36-3)25(33)18-31-24-14-7-6-13-23(24)29-30-31/h4-14,17,26H,15-16,18H2,1-3H3,(H,28,34)/t26-/m1/s1. The van der Waals surface area contributed by atoms with Gasteiger partial charge in [-0.2, -0.15) is 0 Å². The van der Waals surface area contributed by atoms with Crippen molar-refractivity contribution in [2.75, 3.05) is 32.3 Å². The van der Waals surface area contributed by atoms with E-state index in [9.17, 15) is 9.59 Å². The average Bonchev–Trinajstić information content (AvgIpc) is 3.30. The number of benzene rings is 3. The second kappa shape index (κ2) is 11.5. The Labute approximate surface area is 209 Å². The number of fused-ring (bicyclic) bond motifs is 1. The van der Waals surface area contributed by atoms with Gasteiger partial charge < -0.3 is 14.8 Å². The van der Waals surface area contributed by atoms with Gasteiger partial charge in [-0.25, -0.2) is 4.68 Å². The van der Waals surface area contributed by atoms with Crippen LogP contribution in [0.5, 0.6) is 5.75 Å². The predicted molar refractivity (Wildman–Crippen MR) is 137 cm³/mol. The zero-order valence-corrected chi connectivity index (χ0v) is 20.5. The molecule has 9 heteroatoms. The molecule has 3 aromatic carbocycles. The monoisotopic (exact) mass is 487 g/mol. The molecule has 1 heterocycles. The molecule has 1 N–H and O–H groups in total. The second-order valence-corrected chi connectivity index (χ2v) is 8.24. The molecule has 2 amide bonds. The van der Waals surface area contributed by atoms with E-state index in [1.165, 1.54) is 4.90 Å². The van der Waals surface area contributed by atoms with Crippen LogP contribution >= 0.6 is 0 Å². The fourth-order valence-corrected chi connectivity index (χ4v) is 4.10. The summed E-state index contributed by atoms with van der Waals surface area (Å²) in [6, 6.07) is 21.1. The van der Waals surface area contributed by atoms with E-state index in [-0.39, 0.29) is 18.4 Å². The zero-order chi connectivity index (χ0) is 25.5. The quantitative estimate of drug-likeness (QED) is 0.345. The van der Waals surface area contributed by atoms with Gasteiger partial charge in [0, 0.05) is 25.4 Å². The number of ether oxygens (including phenoxy) is 2. The van der Waals surface area contributed by atoms with E-state index in [0.717, 1.165) is 11.1 Å². The minimum atomic E-state index is -0.933. The minimum Gasteiger partial charge on any atom is -0.497 e. The van der Waals surface area contributed by atoms with Crippen molar-refractivity contribution in [3.63, 3.8) is 0 Å². The number of nitrogens with one attached hydrogen (secondary N) is 1. The highest BCUT2D eigenvalue weighted by molar-refractivity contribution is 6.01. The number of anilines is 1. The molecule has 0 radical (unpaired) electrons. The number of aromatic nitrogens is 3. The second-order valence-electron chi connectivity index (χ2n) is 8.24. The fourth-order valence-electron chi connectivity index (χ4n) is 4.10. The van der Waals surface area contributed by atoms with Crippen LogP contribution in [0.1, 0.15) is 17.2 Å². The summed E-state index contributed by atoms with van der Waals surface area (Å²) in [5.74, 6) is -0.0742. The van der Waals surface area contributed by atoms with Crippen LogP contribution in [0, 0.1) is 6.92 Å². The molecule has 4 rings (SSSR count). The van der Waals surface area contributed by atoms with E-state index in [0.29, 0.717) is 35.7 Å². The molecule has 0 aliphatic heterocycles. The predicted octanol–water partition coefficient (Wildman–Crippen LogP) is 3.29. The first kappa shape index (κ1) is 24.9. The van der Waals surface area contributed by atoms with Crippen molar-refractivity contribution in [3.8, 4) is 5.75 Å². The number of carbonyl (C=O) groups excluding carboxylic acids is 2. The lowest BCUT2D eigenvalue weighted by molar-refractivity contribution is -0.127. The molecule has 0 aliphatic rings. The molecule has 0 aliphatic carbocycles. The molecule has 186 valence electrons. The third kappa shape index (κ3) is 5.36. The molecule has 9 nitrogen and oxygen atoms in total. The lowest BCUT2D eigenvalue weighted by Gasteiger charge is -2.32. The Hall–Kier alpha value is -4.24. The number of rotatable bonds is 10. The van der Waals surface area contributed by atoms with Crippen LogP contribution in [-0.2, 0) is 20.9 Å². The topological polar surface area (TPSA) is 98.6 Å². The molecule has 0 saturated heterocycles. The minimum absolute atomic E-state index is 0.106. The van der Waals surface area contributed by atoms with Crippen LogP contribution in [0.2, 0.25) is 0 Å². The summed E-state index contributed by atoms with van der Waals surface area (Å²) in [5, 5.41) is 11.2. The molecule has 0 bridgehead atoms. The number of hydrogen-bond acceptors (Lipinski definition) is 6. The largest absolute Gasteiger partial charge is 0.497 e. The van der Waals surface area contributed by atoms with Crippen molar-refractivity contribution in [2.24, 2.45) is 0 Å². The van der Waals surface area contributed by atoms with E-state index in [1.54, 1.807) is 43.2 Å². The van der Waals surface area contributed by atoms with Crippen LogP contribution in [0.15, 0.2) is 72.8 Å². The Bertz CT molecular complexity index is 1350. The Morgan fingerprint density at radius 2 is 1.81 bits per heavy atom. The molecule has 0 spiro atoms. The fraction of sp³-hybridized carbons (Fsp3) is 0.259. The summed E-state index contributed by atoms with van der Waals surface area (Å²) >= 11 is 0. The van der Waals surface area contributed by atoms with Gasteiger partial charge in [0.05, 0.1) is 19.2 Å². The van der Waals surface area contributed by atoms with Crippen LogP contribution in [0.4, 0.5) is 5.69 Å². The molecule has 36 heavy (non-hydrogen) atoms. The summed E-state index contributed by atoms with van der Waals surface area (Å²) in [5.41, 5.74) is 3.54. The Kier molecular flexibility index (Phi) is 7.92. The molecule has 1 atom stereocenters. The molecule has 0 fully saturated rings. The zero-order valence-electron chi connectivity index (χ0n) is 20.5. The van der Waals surface area contributed by atoms with Gasteiger partial charge in [0.2, 0.25) is 11.8 Å². The van der Waals surface area contributed by atoms with Crippen LogP contribution in [-0.4, -0.2) is 54.2 Å². The first-order valence-electron chi connectivity index (χ1n) is 11.6. The van der Waals surface area contributed by atoms with Gasteiger partial charge in [0.15, 0.2) is 0 Å². The van der Waals surface area contributed by atoms with E-state index < -0.39 is 6.04 Å². The van der Waals surface area contributed by atoms with E-state index in [4.69, 9.17) is 9.47 Å². The summed E-state index contributed by atoms with van der Waals surface area (Å²) in [6.07, 6.45) is 0. The average molecular weight is 488 g/mol. The van der Waals surface area contributed by atoms with Crippen LogP contribution in [0.3, 0.4) is 0 Å². The molecule has 0 saturated carbocycles. The lowest BCUT2D eigenvalue weighted by atomic mass is 9.98. The number of methoxy groups -OCH3 is 2. The highest BCUT2D eigenvalue weighted by Crippen LogP contribution is 2.32. The van der Waals surface area contributed by atoms with Crippen molar-refractivity contribution < 1.29 is 19.1 Å². The molecule has 0 unspecified atom stereocenters. The van der Waals surface area contributed by atoms with Gasteiger partial charge in [0.1, 0.15) is 23.9 Å². The SMILES string of the molecule is COCCNC(=O)[C@@H](c1ccccc1C)N(C(=O)Cn1nnc2ccccc21)c1cccc(OC)c1. The maximum absolute atomic E-state index is 14.0. The Morgan fingerprint density at radius 3 is 2.58 bits per heavy atom. The van der Waals surface area contributed by atoms with Crippen LogP contribution < -0.4 is 15.0 Å². The molecule has 4 aromatic rings. The van der Waals surface area contributed by atoms with Crippen molar-refractivity contribution >= 4 is 28.5 Å². The van der Waals surface area contributed by atoms with Crippen molar-refractivity contribution in [2.45, 2.75) is 19.5 Å². The number of carbonyl (C=O) groups is 2. The van der Waals surface area contributed by atoms with E-state index in [1.807, 2.05) is 55.5 Å². The van der Waals surface area contributed by atoms with E-state index in [2.05, 4.69) is 15.6 Å². The molecular weight excluding hydrogens is 458 g/mol. The summed E-state index contributed by atoms with van der Waals surface area (Å²) in [6.45, 7) is 2.48. The molecular formula is C27H29N5O4. The first-order valence-corrected chi connectivity index (χ1v) is 11.6. The number of nitrogens with zero attached hydrogens (tertiary/aromatic N) is 4. The number of para-hydroxylation sites is 1. The number of amides is 2. The van der Waals surface area contributed by atoms with Crippen molar-refractivity contribution in [1.82, 2.24) is 20.3 Å². The molecule has 1 aromatic heterocycles. The lowest BCUT2D eigenvalue weighted by Crippen LogP contribution is -2.46. The maximum atomic E-state index is 14.0. The Morgan fingerprint density at radius 1 is 1.03 bits per heavy atom. The van der Waals surface area contributed by atoms with Gasteiger partial charge in [-0.15, -0.1) is 5.10 Å². The van der Waals surface area contributed by atoms with Gasteiger partial charge >= 0.3 is 0 Å². The number of aryl methyl sites for hydroxylation is 1. The normalized spacial score (nSPS) is 11.8. The summed E-state index contributed by atoms with van der Waals surface area (Å²) in [4.78, 5) is 29.1. The van der Waals surface area contributed by atoms with Gasteiger partial charge in [-0.05, 0) is 42.3 Å². The van der Waals surface area contributed by atoms with E-state index >= 15 is 0 Å². The van der Waals surface area contributed by atoms with Gasteiger partial charge in [-0.1, -0.05) is 47.7 Å². The van der Waals surface area contributed by atoms with Crippen molar-refractivity contribution in [1.29, 1.82) is 0 Å². The van der Waals surface area contributed by atoms with Gasteiger partial charge in [-0.3, -0.25) is 14.5 Å². The van der Waals surface area contributed by atoms with Gasteiger partial charge in [0.25, 0.3) is 0 Å². The van der Waals surface area contributed by atoms with Crippen LogP contribution in [0.25, 0.3) is 11.0 Å². The smallest absolute Gasteiger partial charge is 0.249 e. The maximum Gasteiger partial charge on any atom is 0.249 e. The number of hydrogen-bond donors (Lipinski definition) is 1. The highest BCUT2D eigenvalue weighted by atomic mass is 16.5.